The van der Waals surface area contributed by atoms with Gasteiger partial charge in [-0.25, -0.2) is 18.1 Å². The normalized spacial score (nSPS) is 13.5. The van der Waals surface area contributed by atoms with E-state index >= 15 is 0 Å². The number of hydrogen-bond donors (Lipinski definition) is 3. The van der Waals surface area contributed by atoms with Crippen molar-refractivity contribution in [1.29, 1.82) is 0 Å². The van der Waals surface area contributed by atoms with Crippen LogP contribution in [0, 0.1) is 0 Å². The number of hydrogen-bond acceptors (Lipinski definition) is 4. The summed E-state index contributed by atoms with van der Waals surface area (Å²) in [6.07, 6.45) is 1.27. The molecular weight excluding hydrogens is 326 g/mol. The molecule has 0 spiro atoms. The van der Waals surface area contributed by atoms with Crippen LogP contribution in [0.1, 0.15) is 37.2 Å². The molecule has 1 heterocycles. The predicted octanol–water partition coefficient (Wildman–Crippen LogP) is 2.20. The molecule has 120 valence electrons. The molecule has 0 saturated carbocycles. The Morgan fingerprint density at radius 3 is 2.45 bits per heavy atom. The van der Waals surface area contributed by atoms with E-state index in [0.717, 1.165) is 0 Å². The molecule has 0 aliphatic carbocycles. The van der Waals surface area contributed by atoms with Crippen molar-refractivity contribution in [3.63, 3.8) is 0 Å². The van der Waals surface area contributed by atoms with Gasteiger partial charge >= 0.3 is 0 Å². The number of aromatic nitrogens is 2. The number of aromatic amines is 1. The number of nitrogens with one attached hydrogen (secondary N) is 2. The number of nitrogens with zero attached hydrogens (tertiary/aromatic N) is 1. The molecule has 0 radical (unpaired) electrons. The minimum atomic E-state index is -3.80. The number of aliphatic hydroxyl groups is 1. The van der Waals surface area contributed by atoms with Crippen molar-refractivity contribution in [2.45, 2.75) is 30.8 Å². The highest BCUT2D eigenvalue weighted by Crippen LogP contribution is 2.19. The third-order valence-electron chi connectivity index (χ3n) is 3.16. The lowest BCUT2D eigenvalue weighted by Crippen LogP contribution is -2.31. The monoisotopic (exact) mass is 343 g/mol. The second-order valence-corrected chi connectivity index (χ2v) is 7.31. The lowest BCUT2D eigenvalue weighted by atomic mass is 10.1. The van der Waals surface area contributed by atoms with Gasteiger partial charge in [-0.2, -0.15) is 0 Å². The highest BCUT2D eigenvalue weighted by Gasteiger charge is 2.23. The predicted molar refractivity (Wildman–Crippen MR) is 84.3 cm³/mol. The van der Waals surface area contributed by atoms with E-state index in [2.05, 4.69) is 14.7 Å². The molecule has 1 atom stereocenters. The molecule has 1 aromatic heterocycles. The fraction of sp³-hybridized carbons (Fsp3) is 0.357. The maximum Gasteiger partial charge on any atom is 0.258 e. The number of imidazole rings is 1. The van der Waals surface area contributed by atoms with Gasteiger partial charge in [-0.15, -0.1) is 0 Å². The molecule has 0 fully saturated rings. The fourth-order valence-corrected chi connectivity index (χ4v) is 3.17. The summed E-state index contributed by atoms with van der Waals surface area (Å²) in [6.45, 7) is 3.45. The second-order valence-electron chi connectivity index (χ2n) is 5.20. The summed E-state index contributed by atoms with van der Waals surface area (Å²) in [4.78, 5) is 6.82. The summed E-state index contributed by atoms with van der Waals surface area (Å²) in [5.41, 5.74) is 0.624. The zero-order valence-electron chi connectivity index (χ0n) is 12.2. The Kier molecular flexibility index (Phi) is 5.23. The average Bonchev–Trinajstić information content (AvgIpc) is 2.97. The number of H-pyrrole nitrogens is 1. The van der Waals surface area contributed by atoms with Gasteiger partial charge in [0.15, 0.2) is 5.03 Å². The van der Waals surface area contributed by atoms with Crippen molar-refractivity contribution in [1.82, 2.24) is 14.7 Å². The largest absolute Gasteiger partial charge is 0.394 e. The smallest absolute Gasteiger partial charge is 0.258 e. The first-order valence-corrected chi connectivity index (χ1v) is 8.63. The average molecular weight is 344 g/mol. The molecule has 8 heteroatoms. The molecule has 1 unspecified atom stereocenters. The number of halogens is 1. The van der Waals surface area contributed by atoms with Crippen LogP contribution >= 0.6 is 11.6 Å². The first-order chi connectivity index (χ1) is 10.3. The number of aliphatic hydroxyl groups excluding tert-OH is 1. The topological polar surface area (TPSA) is 95.1 Å². The highest BCUT2D eigenvalue weighted by molar-refractivity contribution is 7.89. The Morgan fingerprint density at radius 2 is 1.95 bits per heavy atom. The van der Waals surface area contributed by atoms with Crippen molar-refractivity contribution in [2.24, 2.45) is 0 Å². The van der Waals surface area contributed by atoms with E-state index in [1.54, 1.807) is 24.3 Å². The van der Waals surface area contributed by atoms with Gasteiger partial charge in [0.2, 0.25) is 0 Å². The Labute approximate surface area is 134 Å². The first kappa shape index (κ1) is 17.0. The first-order valence-electron chi connectivity index (χ1n) is 6.77. The Balaban J connectivity index is 2.23. The van der Waals surface area contributed by atoms with E-state index in [1.165, 1.54) is 6.20 Å². The highest BCUT2D eigenvalue weighted by atomic mass is 35.5. The molecule has 6 nitrogen and oxygen atoms in total. The van der Waals surface area contributed by atoms with Crippen LogP contribution in [-0.2, 0) is 10.0 Å². The Hall–Kier alpha value is -1.41. The quantitative estimate of drug-likeness (QED) is 0.749. The minimum Gasteiger partial charge on any atom is -0.394 e. The number of rotatable bonds is 6. The molecule has 0 saturated heterocycles. The molecular formula is C14H18ClN3O3S. The molecule has 3 N–H and O–H groups in total. The van der Waals surface area contributed by atoms with Crippen molar-refractivity contribution < 1.29 is 13.5 Å². The molecule has 22 heavy (non-hydrogen) atoms. The van der Waals surface area contributed by atoms with Crippen molar-refractivity contribution in [3.8, 4) is 0 Å². The van der Waals surface area contributed by atoms with E-state index in [1.807, 2.05) is 13.8 Å². The maximum atomic E-state index is 12.4. The zero-order chi connectivity index (χ0) is 16.3. The van der Waals surface area contributed by atoms with Gasteiger partial charge in [0.25, 0.3) is 10.0 Å². The summed E-state index contributed by atoms with van der Waals surface area (Å²) >= 11 is 5.81. The third-order valence-corrected chi connectivity index (χ3v) is 4.79. The van der Waals surface area contributed by atoms with Crippen LogP contribution in [0.2, 0.25) is 5.02 Å². The van der Waals surface area contributed by atoms with Gasteiger partial charge in [-0.05, 0) is 17.7 Å². The Bertz CT molecular complexity index is 726. The van der Waals surface area contributed by atoms with Gasteiger partial charge in [-0.1, -0.05) is 37.6 Å². The van der Waals surface area contributed by atoms with E-state index in [0.29, 0.717) is 16.4 Å². The summed E-state index contributed by atoms with van der Waals surface area (Å²) in [5, 5.41) is 9.98. The van der Waals surface area contributed by atoms with Crippen molar-refractivity contribution >= 4 is 21.6 Å². The van der Waals surface area contributed by atoms with Gasteiger partial charge in [0.1, 0.15) is 5.82 Å². The van der Waals surface area contributed by atoms with Crippen molar-refractivity contribution in [2.75, 3.05) is 6.61 Å². The zero-order valence-corrected chi connectivity index (χ0v) is 13.8. The summed E-state index contributed by atoms with van der Waals surface area (Å²) in [6, 6.07) is 5.85. The van der Waals surface area contributed by atoms with Crippen LogP contribution in [0.5, 0.6) is 0 Å². The van der Waals surface area contributed by atoms with Crippen molar-refractivity contribution in [3.05, 3.63) is 46.9 Å². The minimum absolute atomic E-state index is 0.0244. The van der Waals surface area contributed by atoms with Crippen LogP contribution < -0.4 is 4.72 Å². The SMILES string of the molecule is CC(C)c1ncc(S(=O)(=O)NC(CO)c2ccc(Cl)cc2)[nH]1. The van der Waals surface area contributed by atoms with E-state index in [4.69, 9.17) is 11.6 Å². The maximum absolute atomic E-state index is 12.4. The fourth-order valence-electron chi connectivity index (χ4n) is 1.91. The van der Waals surface area contributed by atoms with Crippen LogP contribution in [0.15, 0.2) is 35.5 Å². The second kappa shape index (κ2) is 6.78. The van der Waals surface area contributed by atoms with E-state index in [-0.39, 0.29) is 17.6 Å². The number of benzene rings is 1. The molecule has 0 bridgehead atoms. The lowest BCUT2D eigenvalue weighted by molar-refractivity contribution is 0.259. The summed E-state index contributed by atoms with van der Waals surface area (Å²) < 4.78 is 27.2. The van der Waals surface area contributed by atoms with E-state index < -0.39 is 16.1 Å². The van der Waals surface area contributed by atoms with Crippen LogP contribution in [0.4, 0.5) is 0 Å². The standard InChI is InChI=1S/C14H18ClN3O3S/c1-9(2)14-16-7-13(17-14)22(20,21)18-12(8-19)10-3-5-11(15)6-4-10/h3-7,9,12,18-19H,8H2,1-2H3,(H,16,17). The summed E-state index contributed by atoms with van der Waals surface area (Å²) in [5.74, 6) is 0.682. The van der Waals surface area contributed by atoms with Gasteiger partial charge < -0.3 is 10.1 Å². The molecule has 0 amide bonds. The lowest BCUT2D eigenvalue weighted by Gasteiger charge is -2.16. The number of sulfonamides is 1. The van der Waals surface area contributed by atoms with E-state index in [9.17, 15) is 13.5 Å². The third kappa shape index (κ3) is 3.86. The Morgan fingerprint density at radius 1 is 1.32 bits per heavy atom. The van der Waals surface area contributed by atoms with Gasteiger partial charge in [0, 0.05) is 10.9 Å². The molecule has 1 aromatic carbocycles. The molecule has 2 aromatic rings. The van der Waals surface area contributed by atoms with Gasteiger partial charge in [-0.3, -0.25) is 0 Å². The summed E-state index contributed by atoms with van der Waals surface area (Å²) in [7, 11) is -3.80. The van der Waals surface area contributed by atoms with Crippen LogP contribution in [-0.4, -0.2) is 30.1 Å². The molecule has 0 aliphatic heterocycles. The molecule has 2 rings (SSSR count). The van der Waals surface area contributed by atoms with Crippen LogP contribution in [0.25, 0.3) is 0 Å². The van der Waals surface area contributed by atoms with Crippen LogP contribution in [0.3, 0.4) is 0 Å². The van der Waals surface area contributed by atoms with Gasteiger partial charge in [0.05, 0.1) is 18.8 Å². The molecule has 0 aliphatic rings.